The van der Waals surface area contributed by atoms with Gasteiger partial charge in [-0.1, -0.05) is 23.7 Å². The summed E-state index contributed by atoms with van der Waals surface area (Å²) in [5, 5.41) is 14.0. The van der Waals surface area contributed by atoms with Gasteiger partial charge in [-0.25, -0.2) is 0 Å². The molecule has 1 aliphatic heterocycles. The molecule has 0 spiro atoms. The quantitative estimate of drug-likeness (QED) is 0.583. The minimum Gasteiger partial charge on any atom is -0.386 e. The van der Waals surface area contributed by atoms with Gasteiger partial charge in [0, 0.05) is 37.7 Å². The van der Waals surface area contributed by atoms with Crippen molar-refractivity contribution in [1.29, 1.82) is 0 Å². The maximum absolute atomic E-state index is 12.9. The minimum atomic E-state index is -4.22. The average Bonchev–Trinajstić information content (AvgIpc) is 2.64. The largest absolute Gasteiger partial charge is 0.403 e. The standard InChI is InChI=1S/C18H26ClF3N4O/c1-3-23-17(24-12-16(27)14-4-6-15(19)7-5-14)26-10-8-25(9-11-26)13(2)18(20,21)22/h4-7,13,16,27H,3,8-12H2,1-2H3,(H,23,24). The number of guanidine groups is 1. The van der Waals surface area contributed by atoms with E-state index in [2.05, 4.69) is 10.3 Å². The molecule has 9 heteroatoms. The Hall–Kier alpha value is -1.51. The lowest BCUT2D eigenvalue weighted by Crippen LogP contribution is -2.56. The van der Waals surface area contributed by atoms with E-state index in [-0.39, 0.29) is 6.54 Å². The molecular formula is C18H26ClF3N4O. The molecule has 0 saturated carbocycles. The number of aliphatic imine (C=N–C) groups is 1. The van der Waals surface area contributed by atoms with Crippen molar-refractivity contribution in [3.63, 3.8) is 0 Å². The molecule has 2 unspecified atom stereocenters. The van der Waals surface area contributed by atoms with Crippen LogP contribution < -0.4 is 5.32 Å². The Bertz CT molecular complexity index is 616. The summed E-state index contributed by atoms with van der Waals surface area (Å²) < 4.78 is 38.6. The molecule has 2 N–H and O–H groups in total. The van der Waals surface area contributed by atoms with E-state index >= 15 is 0 Å². The molecule has 5 nitrogen and oxygen atoms in total. The monoisotopic (exact) mass is 406 g/mol. The van der Waals surface area contributed by atoms with E-state index < -0.39 is 18.3 Å². The fourth-order valence-electron chi connectivity index (χ4n) is 2.92. The van der Waals surface area contributed by atoms with Gasteiger partial charge in [-0.2, -0.15) is 13.2 Å². The molecule has 1 heterocycles. The smallest absolute Gasteiger partial charge is 0.386 e. The lowest BCUT2D eigenvalue weighted by molar-refractivity contribution is -0.181. The van der Waals surface area contributed by atoms with Gasteiger partial charge in [-0.15, -0.1) is 0 Å². The van der Waals surface area contributed by atoms with Crippen LogP contribution >= 0.6 is 11.6 Å². The van der Waals surface area contributed by atoms with Gasteiger partial charge in [-0.3, -0.25) is 9.89 Å². The zero-order valence-corrected chi connectivity index (χ0v) is 16.3. The summed E-state index contributed by atoms with van der Waals surface area (Å²) >= 11 is 5.85. The number of hydrogen-bond acceptors (Lipinski definition) is 3. The minimum absolute atomic E-state index is 0.156. The number of halogens is 4. The fraction of sp³-hybridized carbons (Fsp3) is 0.611. The first-order valence-corrected chi connectivity index (χ1v) is 9.37. The Morgan fingerprint density at radius 1 is 1.22 bits per heavy atom. The summed E-state index contributed by atoms with van der Waals surface area (Å²) in [6.07, 6.45) is -4.99. The molecule has 1 aromatic carbocycles. The lowest BCUT2D eigenvalue weighted by atomic mass is 10.1. The van der Waals surface area contributed by atoms with Gasteiger partial charge in [0.15, 0.2) is 5.96 Å². The normalized spacial score (nSPS) is 19.1. The van der Waals surface area contributed by atoms with E-state index in [0.717, 1.165) is 0 Å². The highest BCUT2D eigenvalue weighted by molar-refractivity contribution is 6.30. The second kappa shape index (κ2) is 9.61. The first-order chi connectivity index (χ1) is 12.7. The van der Waals surface area contributed by atoms with Crippen molar-refractivity contribution in [2.24, 2.45) is 4.99 Å². The molecule has 1 aromatic rings. The summed E-state index contributed by atoms with van der Waals surface area (Å²) in [5.41, 5.74) is 0.711. The van der Waals surface area contributed by atoms with Crippen LogP contribution in [0.15, 0.2) is 29.3 Å². The summed E-state index contributed by atoms with van der Waals surface area (Å²) in [6, 6.07) is 5.44. The summed E-state index contributed by atoms with van der Waals surface area (Å²) in [6.45, 7) is 5.42. The van der Waals surface area contributed by atoms with Crippen LogP contribution in [-0.2, 0) is 0 Å². The Balaban J connectivity index is 1.96. The molecule has 27 heavy (non-hydrogen) atoms. The highest BCUT2D eigenvalue weighted by Gasteiger charge is 2.41. The van der Waals surface area contributed by atoms with Crippen molar-refractivity contribution in [2.75, 3.05) is 39.3 Å². The first kappa shape index (κ1) is 21.8. The number of piperazine rings is 1. The molecule has 0 bridgehead atoms. The second-order valence-corrected chi connectivity index (χ2v) is 6.94. The number of benzene rings is 1. The highest BCUT2D eigenvalue weighted by Crippen LogP contribution is 2.25. The average molecular weight is 407 g/mol. The van der Waals surface area contributed by atoms with Crippen LogP contribution in [0.5, 0.6) is 0 Å². The predicted octanol–water partition coefficient (Wildman–Crippen LogP) is 2.91. The van der Waals surface area contributed by atoms with E-state index in [1.54, 1.807) is 24.3 Å². The molecule has 0 amide bonds. The first-order valence-electron chi connectivity index (χ1n) is 9.00. The molecular weight excluding hydrogens is 381 g/mol. The Morgan fingerprint density at radius 2 is 1.81 bits per heavy atom. The SMILES string of the molecule is CCNC(=NCC(O)c1ccc(Cl)cc1)N1CCN(C(C)C(F)(F)F)CC1. The van der Waals surface area contributed by atoms with Gasteiger partial charge >= 0.3 is 6.18 Å². The molecule has 0 aromatic heterocycles. The van der Waals surface area contributed by atoms with Gasteiger partial charge in [0.25, 0.3) is 0 Å². The number of alkyl halides is 3. The Kier molecular flexibility index (Phi) is 7.76. The second-order valence-electron chi connectivity index (χ2n) is 6.50. The number of rotatable bonds is 5. The van der Waals surface area contributed by atoms with Crippen LogP contribution in [0.3, 0.4) is 0 Å². The van der Waals surface area contributed by atoms with E-state index in [0.29, 0.717) is 49.3 Å². The molecule has 1 aliphatic rings. The third kappa shape index (κ3) is 6.26. The van der Waals surface area contributed by atoms with Gasteiger partial charge in [0.05, 0.1) is 12.6 Å². The Labute approximate surface area is 162 Å². The number of hydrogen-bond donors (Lipinski definition) is 2. The third-order valence-electron chi connectivity index (χ3n) is 4.64. The summed E-state index contributed by atoms with van der Waals surface area (Å²) in [7, 11) is 0. The van der Waals surface area contributed by atoms with Crippen molar-refractivity contribution in [2.45, 2.75) is 32.2 Å². The molecule has 1 fully saturated rings. The summed E-state index contributed by atoms with van der Waals surface area (Å²) in [4.78, 5) is 7.82. The van der Waals surface area contributed by atoms with Crippen molar-refractivity contribution in [3.8, 4) is 0 Å². The van der Waals surface area contributed by atoms with Crippen LogP contribution in [0.1, 0.15) is 25.5 Å². The van der Waals surface area contributed by atoms with Gasteiger partial charge < -0.3 is 15.3 Å². The van der Waals surface area contributed by atoms with Crippen LogP contribution in [0.2, 0.25) is 5.02 Å². The Morgan fingerprint density at radius 3 is 2.33 bits per heavy atom. The maximum atomic E-state index is 12.9. The van der Waals surface area contributed by atoms with E-state index in [9.17, 15) is 18.3 Å². The third-order valence-corrected chi connectivity index (χ3v) is 4.89. The van der Waals surface area contributed by atoms with E-state index in [4.69, 9.17) is 11.6 Å². The zero-order chi connectivity index (χ0) is 20.0. The maximum Gasteiger partial charge on any atom is 0.403 e. The molecule has 2 rings (SSSR count). The van der Waals surface area contributed by atoms with E-state index in [1.165, 1.54) is 11.8 Å². The fourth-order valence-corrected chi connectivity index (χ4v) is 3.04. The molecule has 2 atom stereocenters. The molecule has 1 saturated heterocycles. The summed E-state index contributed by atoms with van der Waals surface area (Å²) in [5.74, 6) is 0.602. The lowest BCUT2D eigenvalue weighted by Gasteiger charge is -2.39. The topological polar surface area (TPSA) is 51.1 Å². The van der Waals surface area contributed by atoms with Crippen LogP contribution in [0.4, 0.5) is 13.2 Å². The number of aliphatic hydroxyl groups excluding tert-OH is 1. The van der Waals surface area contributed by atoms with Crippen molar-refractivity contribution in [1.82, 2.24) is 15.1 Å². The van der Waals surface area contributed by atoms with E-state index in [1.807, 2.05) is 11.8 Å². The zero-order valence-electron chi connectivity index (χ0n) is 15.5. The molecule has 0 radical (unpaired) electrons. The van der Waals surface area contributed by atoms with Crippen LogP contribution in [0, 0.1) is 0 Å². The number of nitrogens with one attached hydrogen (secondary N) is 1. The predicted molar refractivity (Wildman–Crippen MR) is 101 cm³/mol. The molecule has 0 aliphatic carbocycles. The van der Waals surface area contributed by atoms with Gasteiger partial charge in [0.1, 0.15) is 6.04 Å². The number of aliphatic hydroxyl groups is 1. The molecule has 152 valence electrons. The van der Waals surface area contributed by atoms with Crippen molar-refractivity contribution in [3.05, 3.63) is 34.9 Å². The number of nitrogens with zero attached hydrogens (tertiary/aromatic N) is 3. The highest BCUT2D eigenvalue weighted by atomic mass is 35.5. The van der Waals surface area contributed by atoms with Crippen LogP contribution in [-0.4, -0.2) is 72.4 Å². The van der Waals surface area contributed by atoms with Crippen molar-refractivity contribution < 1.29 is 18.3 Å². The van der Waals surface area contributed by atoms with Gasteiger partial charge in [-0.05, 0) is 31.5 Å². The van der Waals surface area contributed by atoms with Gasteiger partial charge in [0.2, 0.25) is 0 Å². The van der Waals surface area contributed by atoms with Crippen LogP contribution in [0.25, 0.3) is 0 Å². The van der Waals surface area contributed by atoms with Crippen molar-refractivity contribution >= 4 is 17.6 Å².